The van der Waals surface area contributed by atoms with Crippen LogP contribution in [-0.4, -0.2) is 17.3 Å². The Balaban J connectivity index is 2.17. The van der Waals surface area contributed by atoms with Gasteiger partial charge in [0.2, 0.25) is 0 Å². The number of benzene rings is 2. The van der Waals surface area contributed by atoms with Crippen molar-refractivity contribution in [1.82, 2.24) is 0 Å². The number of para-hydroxylation sites is 1. The number of alkyl halides is 3. The predicted octanol–water partition coefficient (Wildman–Crippen LogP) is 3.85. The standard InChI is InChI=1S/C17H14F3NO3S/c1-24-15(22)10-14-12-8-5-9-13(17(18,19)20)16(12)25(23)21(14)11-6-3-2-4-7-11/h2-9,14H,10H2,1H3. The van der Waals surface area contributed by atoms with Crippen LogP contribution in [0, 0.1) is 0 Å². The quantitative estimate of drug-likeness (QED) is 0.772. The van der Waals surface area contributed by atoms with Crippen molar-refractivity contribution in [2.24, 2.45) is 0 Å². The number of esters is 1. The predicted molar refractivity (Wildman–Crippen MR) is 86.1 cm³/mol. The molecule has 4 nitrogen and oxygen atoms in total. The number of carbonyl (C=O) groups is 1. The van der Waals surface area contributed by atoms with Gasteiger partial charge in [-0.25, -0.2) is 4.21 Å². The van der Waals surface area contributed by atoms with Gasteiger partial charge in [0.1, 0.15) is 0 Å². The first kappa shape index (κ1) is 17.5. The van der Waals surface area contributed by atoms with E-state index in [2.05, 4.69) is 4.74 Å². The molecule has 0 amide bonds. The average Bonchev–Trinajstić information content (AvgIpc) is 2.87. The van der Waals surface area contributed by atoms with Crippen LogP contribution in [0.4, 0.5) is 18.9 Å². The van der Waals surface area contributed by atoms with Crippen molar-refractivity contribution in [3.63, 3.8) is 0 Å². The molecule has 0 aliphatic carbocycles. The van der Waals surface area contributed by atoms with Crippen molar-refractivity contribution in [3.8, 4) is 0 Å². The maximum atomic E-state index is 13.4. The third kappa shape index (κ3) is 3.13. The summed E-state index contributed by atoms with van der Waals surface area (Å²) in [6, 6.07) is 11.2. The van der Waals surface area contributed by atoms with Gasteiger partial charge >= 0.3 is 12.1 Å². The molecule has 0 aromatic heterocycles. The van der Waals surface area contributed by atoms with Crippen LogP contribution in [0.3, 0.4) is 0 Å². The van der Waals surface area contributed by atoms with Crippen LogP contribution in [0.15, 0.2) is 53.4 Å². The summed E-state index contributed by atoms with van der Waals surface area (Å²) in [5.41, 5.74) is -0.252. The highest BCUT2D eigenvalue weighted by Gasteiger charge is 2.45. The Kier molecular flexibility index (Phi) is 4.55. The first-order chi connectivity index (χ1) is 11.8. The van der Waals surface area contributed by atoms with Crippen molar-refractivity contribution in [1.29, 1.82) is 0 Å². The van der Waals surface area contributed by atoms with E-state index >= 15 is 0 Å². The number of anilines is 1. The monoisotopic (exact) mass is 369 g/mol. The second kappa shape index (κ2) is 6.51. The molecule has 0 saturated heterocycles. The van der Waals surface area contributed by atoms with Crippen LogP contribution < -0.4 is 4.31 Å². The molecule has 2 aromatic rings. The molecular formula is C17H14F3NO3S. The molecule has 0 saturated carbocycles. The van der Waals surface area contributed by atoms with Crippen LogP contribution >= 0.6 is 0 Å². The minimum Gasteiger partial charge on any atom is -0.469 e. The summed E-state index contributed by atoms with van der Waals surface area (Å²) in [5, 5.41) is 0. The Labute approximate surface area is 144 Å². The number of nitrogens with zero attached hydrogens (tertiary/aromatic N) is 1. The summed E-state index contributed by atoms with van der Waals surface area (Å²) in [5.74, 6) is -0.590. The van der Waals surface area contributed by atoms with Gasteiger partial charge in [0, 0.05) is 0 Å². The van der Waals surface area contributed by atoms with E-state index in [0.717, 1.165) is 6.07 Å². The van der Waals surface area contributed by atoms with E-state index in [1.165, 1.54) is 23.5 Å². The van der Waals surface area contributed by atoms with E-state index in [0.29, 0.717) is 5.69 Å². The minimum atomic E-state index is -4.64. The Morgan fingerprint density at radius 2 is 1.84 bits per heavy atom. The maximum absolute atomic E-state index is 13.4. The summed E-state index contributed by atoms with van der Waals surface area (Å²) in [6.07, 6.45) is -4.84. The van der Waals surface area contributed by atoms with Crippen LogP contribution in [-0.2, 0) is 26.7 Å². The average molecular weight is 369 g/mol. The topological polar surface area (TPSA) is 46.6 Å². The summed E-state index contributed by atoms with van der Waals surface area (Å²) >= 11 is 0. The molecule has 1 aliphatic rings. The van der Waals surface area contributed by atoms with Gasteiger partial charge in [-0.2, -0.15) is 13.2 Å². The Morgan fingerprint density at radius 3 is 2.44 bits per heavy atom. The molecule has 2 aromatic carbocycles. The van der Waals surface area contributed by atoms with E-state index in [1.54, 1.807) is 30.3 Å². The Hall–Kier alpha value is -2.35. The SMILES string of the molecule is COC(=O)CC1c2cccc(C(F)(F)F)c2S(=O)N1c1ccccc1. The maximum Gasteiger partial charge on any atom is 0.417 e. The lowest BCUT2D eigenvalue weighted by atomic mass is 10.0. The summed E-state index contributed by atoms with van der Waals surface area (Å²) in [7, 11) is -0.885. The number of halogens is 3. The third-order valence-electron chi connectivity index (χ3n) is 3.94. The number of hydrogen-bond acceptors (Lipinski definition) is 3. The molecular weight excluding hydrogens is 355 g/mol. The van der Waals surface area contributed by atoms with Crippen molar-refractivity contribution >= 4 is 22.6 Å². The fourth-order valence-electron chi connectivity index (χ4n) is 2.86. The molecule has 2 atom stereocenters. The van der Waals surface area contributed by atoms with Gasteiger partial charge in [-0.15, -0.1) is 0 Å². The number of methoxy groups -OCH3 is 1. The molecule has 0 bridgehead atoms. The number of rotatable bonds is 3. The first-order valence-electron chi connectivity index (χ1n) is 7.37. The minimum absolute atomic E-state index is 0.203. The fraction of sp³-hybridized carbons (Fsp3) is 0.235. The number of fused-ring (bicyclic) bond motifs is 1. The zero-order valence-electron chi connectivity index (χ0n) is 13.1. The van der Waals surface area contributed by atoms with Gasteiger partial charge < -0.3 is 4.74 Å². The molecule has 0 N–H and O–H groups in total. The number of ether oxygens (including phenoxy) is 1. The van der Waals surface area contributed by atoms with Gasteiger partial charge in [0.25, 0.3) is 0 Å². The van der Waals surface area contributed by atoms with Gasteiger partial charge in [0.05, 0.1) is 35.7 Å². The molecule has 132 valence electrons. The van der Waals surface area contributed by atoms with Gasteiger partial charge in [-0.05, 0) is 23.8 Å². The second-order valence-electron chi connectivity index (χ2n) is 5.43. The lowest BCUT2D eigenvalue weighted by molar-refractivity contribution is -0.141. The molecule has 0 radical (unpaired) electrons. The van der Waals surface area contributed by atoms with Gasteiger partial charge in [-0.3, -0.25) is 9.10 Å². The molecule has 3 rings (SSSR count). The van der Waals surface area contributed by atoms with Crippen LogP contribution in [0.25, 0.3) is 0 Å². The number of hydrogen-bond donors (Lipinski definition) is 0. The van der Waals surface area contributed by atoms with Crippen LogP contribution in [0.1, 0.15) is 23.6 Å². The molecule has 1 heterocycles. The molecule has 0 spiro atoms. The molecule has 0 fully saturated rings. The zero-order valence-corrected chi connectivity index (χ0v) is 13.9. The summed E-state index contributed by atoms with van der Waals surface area (Å²) < 4.78 is 59.0. The number of carbonyl (C=O) groups excluding carboxylic acids is 1. The van der Waals surface area contributed by atoms with Gasteiger partial charge in [-0.1, -0.05) is 30.3 Å². The van der Waals surface area contributed by atoms with Gasteiger partial charge in [0.15, 0.2) is 11.0 Å². The highest BCUT2D eigenvalue weighted by atomic mass is 32.2. The highest BCUT2D eigenvalue weighted by Crippen LogP contribution is 2.47. The lowest BCUT2D eigenvalue weighted by Crippen LogP contribution is -2.26. The lowest BCUT2D eigenvalue weighted by Gasteiger charge is -2.24. The molecule has 2 unspecified atom stereocenters. The van der Waals surface area contributed by atoms with Crippen molar-refractivity contribution in [2.75, 3.05) is 11.4 Å². The normalized spacial score (nSPS) is 19.6. The Morgan fingerprint density at radius 1 is 1.16 bits per heavy atom. The molecule has 25 heavy (non-hydrogen) atoms. The van der Waals surface area contributed by atoms with E-state index in [1.807, 2.05) is 0 Å². The molecule has 1 aliphatic heterocycles. The van der Waals surface area contributed by atoms with E-state index < -0.39 is 34.7 Å². The zero-order chi connectivity index (χ0) is 18.2. The van der Waals surface area contributed by atoms with E-state index in [9.17, 15) is 22.2 Å². The van der Waals surface area contributed by atoms with E-state index in [-0.39, 0.29) is 16.9 Å². The van der Waals surface area contributed by atoms with E-state index in [4.69, 9.17) is 0 Å². The summed E-state index contributed by atoms with van der Waals surface area (Å²) in [4.78, 5) is 11.5. The van der Waals surface area contributed by atoms with Crippen LogP contribution in [0.2, 0.25) is 0 Å². The summed E-state index contributed by atoms with van der Waals surface area (Å²) in [6.45, 7) is 0. The van der Waals surface area contributed by atoms with Crippen molar-refractivity contribution in [3.05, 3.63) is 59.7 Å². The smallest absolute Gasteiger partial charge is 0.417 e. The fourth-order valence-corrected chi connectivity index (χ4v) is 4.57. The Bertz CT molecular complexity index is 824. The third-order valence-corrected chi connectivity index (χ3v) is 5.57. The first-order valence-corrected chi connectivity index (χ1v) is 8.48. The highest BCUT2D eigenvalue weighted by molar-refractivity contribution is 7.87. The molecule has 8 heteroatoms. The van der Waals surface area contributed by atoms with Crippen molar-refractivity contribution in [2.45, 2.75) is 23.5 Å². The largest absolute Gasteiger partial charge is 0.469 e. The van der Waals surface area contributed by atoms with Crippen LogP contribution in [0.5, 0.6) is 0 Å². The van der Waals surface area contributed by atoms with Crippen molar-refractivity contribution < 1.29 is 26.9 Å². The second-order valence-corrected chi connectivity index (χ2v) is 6.73.